The van der Waals surface area contributed by atoms with Crippen LogP contribution in [0.3, 0.4) is 0 Å². The molecule has 3 aliphatic rings. The number of urea groups is 1. The third-order valence-electron chi connectivity index (χ3n) is 12.6. The first-order valence-electron chi connectivity index (χ1n) is 22.6. The summed E-state index contributed by atoms with van der Waals surface area (Å²) in [6, 6.07) is 13.7. The molecule has 3 aromatic carbocycles. The topological polar surface area (TPSA) is 166 Å². The molecule has 1 aromatic heterocycles. The van der Waals surface area contributed by atoms with Gasteiger partial charge >= 0.3 is 12.4 Å². The molecule has 0 saturated carbocycles. The van der Waals surface area contributed by atoms with Crippen LogP contribution in [-0.2, 0) is 20.6 Å². The van der Waals surface area contributed by atoms with Crippen molar-refractivity contribution in [2.45, 2.75) is 58.9 Å². The Labute approximate surface area is 402 Å². The molecule has 4 atom stereocenters. The zero-order valence-corrected chi connectivity index (χ0v) is 40.1. The third-order valence-corrected chi connectivity index (χ3v) is 13.5. The Hall–Kier alpha value is -5.47. The predicted octanol–water partition coefficient (Wildman–Crippen LogP) is 9.61. The lowest BCUT2D eigenvalue weighted by molar-refractivity contribution is -0.274. The number of morpholine rings is 1. The van der Waals surface area contributed by atoms with Crippen molar-refractivity contribution in [3.8, 4) is 11.5 Å². The highest BCUT2D eigenvalue weighted by Gasteiger charge is 2.45. The van der Waals surface area contributed by atoms with E-state index in [1.807, 2.05) is 32.0 Å². The highest BCUT2D eigenvalue weighted by molar-refractivity contribution is 9.10. The van der Waals surface area contributed by atoms with E-state index >= 15 is 0 Å². The lowest BCUT2D eigenvalue weighted by Gasteiger charge is -2.46. The van der Waals surface area contributed by atoms with Crippen molar-refractivity contribution in [1.82, 2.24) is 19.8 Å². The van der Waals surface area contributed by atoms with E-state index in [-0.39, 0.29) is 60.5 Å². The summed E-state index contributed by atoms with van der Waals surface area (Å²) in [5.74, 6) is 0.644. The van der Waals surface area contributed by atoms with E-state index in [9.17, 15) is 27.7 Å². The van der Waals surface area contributed by atoms with Crippen molar-refractivity contribution in [1.29, 1.82) is 0 Å². The van der Waals surface area contributed by atoms with Gasteiger partial charge in [-0.3, -0.25) is 20.0 Å². The quantitative estimate of drug-likeness (QED) is 0.0492. The number of carbonyl (C=O) groups is 2. The summed E-state index contributed by atoms with van der Waals surface area (Å²) in [5.41, 5.74) is 4.66. The molecular formula is C49H57BrF3N7O8. The second kappa shape index (κ2) is 22.8. The van der Waals surface area contributed by atoms with Crippen LogP contribution in [0.4, 0.5) is 35.2 Å². The SMILES string of the molecule is Cc1cnc(NC(=O)Nc2cc(Br)c(C)cc2OC[C@@H]2CN(CCOCCOCCN(CC(C)(C)C3Cc4ccc(N=O)cc4C4C=CCC43)C(=O)c3ccc(OC(F)(F)F)cc3)CCO2)cn1. The number of allylic oxidation sites excluding steroid dienone is 2. The molecule has 2 N–H and O–H groups in total. The van der Waals surface area contributed by atoms with Crippen LogP contribution in [0, 0.1) is 36.0 Å². The second-order valence-corrected chi connectivity index (χ2v) is 18.8. The van der Waals surface area contributed by atoms with Gasteiger partial charge in [0.1, 0.15) is 29.9 Å². The Kier molecular flexibility index (Phi) is 16.9. The summed E-state index contributed by atoms with van der Waals surface area (Å²) in [5, 5.41) is 8.67. The molecular weight excluding hydrogens is 951 g/mol. The minimum absolute atomic E-state index is 0.129. The van der Waals surface area contributed by atoms with Gasteiger partial charge in [-0.2, -0.15) is 0 Å². The van der Waals surface area contributed by atoms with E-state index < -0.39 is 18.1 Å². The van der Waals surface area contributed by atoms with Crippen molar-refractivity contribution in [3.63, 3.8) is 0 Å². The summed E-state index contributed by atoms with van der Waals surface area (Å²) in [6.45, 7) is 12.8. The van der Waals surface area contributed by atoms with Crippen LogP contribution in [0.2, 0.25) is 0 Å². The van der Waals surface area contributed by atoms with Gasteiger partial charge in [0.15, 0.2) is 5.82 Å². The molecule has 2 aliphatic carbocycles. The van der Waals surface area contributed by atoms with Crippen molar-refractivity contribution in [3.05, 3.63) is 116 Å². The fraction of sp³-hybridized carbons (Fsp3) is 0.469. The first kappa shape index (κ1) is 50.4. The van der Waals surface area contributed by atoms with Crippen LogP contribution >= 0.6 is 15.9 Å². The van der Waals surface area contributed by atoms with Gasteiger partial charge in [0, 0.05) is 48.7 Å². The van der Waals surface area contributed by atoms with Crippen LogP contribution < -0.4 is 20.1 Å². The minimum Gasteiger partial charge on any atom is -0.489 e. The summed E-state index contributed by atoms with van der Waals surface area (Å²) in [6.07, 6.45) is 3.99. The summed E-state index contributed by atoms with van der Waals surface area (Å²) in [7, 11) is 0. The number of benzene rings is 3. The highest BCUT2D eigenvalue weighted by Crippen LogP contribution is 2.52. The molecule has 3 unspecified atom stereocenters. The maximum atomic E-state index is 14.1. The maximum absolute atomic E-state index is 14.1. The van der Waals surface area contributed by atoms with Gasteiger partial charge in [-0.25, -0.2) is 9.78 Å². The zero-order chi connectivity index (χ0) is 48.4. The number of aryl methyl sites for hydroxylation is 2. The Morgan fingerprint density at radius 2 is 1.76 bits per heavy atom. The number of amides is 3. The van der Waals surface area contributed by atoms with E-state index in [4.69, 9.17) is 18.9 Å². The van der Waals surface area contributed by atoms with Gasteiger partial charge in [-0.05, 0) is 114 Å². The highest BCUT2D eigenvalue weighted by atomic mass is 79.9. The molecule has 1 aliphatic heterocycles. The minimum atomic E-state index is -4.85. The Balaban J connectivity index is 0.880. The molecule has 2 heterocycles. The van der Waals surface area contributed by atoms with Crippen LogP contribution in [0.15, 0.2) is 88.8 Å². The number of halogens is 4. The summed E-state index contributed by atoms with van der Waals surface area (Å²) in [4.78, 5) is 50.6. The number of hydrogen-bond donors (Lipinski definition) is 2. The third kappa shape index (κ3) is 13.6. The average molecular weight is 1010 g/mol. The van der Waals surface area contributed by atoms with Crippen molar-refractivity contribution in [2.24, 2.45) is 22.4 Å². The van der Waals surface area contributed by atoms with Crippen LogP contribution in [0.1, 0.15) is 58.9 Å². The molecule has 1 fully saturated rings. The van der Waals surface area contributed by atoms with Gasteiger partial charge in [0.25, 0.3) is 5.91 Å². The van der Waals surface area contributed by atoms with Crippen molar-refractivity contribution < 1.29 is 46.4 Å². The predicted molar refractivity (Wildman–Crippen MR) is 253 cm³/mol. The fourth-order valence-electron chi connectivity index (χ4n) is 9.20. The smallest absolute Gasteiger partial charge is 0.489 e. The first-order chi connectivity index (χ1) is 32.5. The standard InChI is InChI=1S/C49H57BrF3N7O8/c1-31-22-44(43(25-42(31)50)56-47(62)57-45-27-54-32(2)26-55-45)67-29-37-28-59(15-19-66-37)14-17-64-20-21-65-18-16-60(46(61)33-9-12-36(13-10-33)68-49(51,52)53)30-48(3,4)41-23-34-8-11-35(58-63)24-40(34)38-6-5-7-39(38)41/h5-6,8-13,22,24-27,37-39,41H,7,14-21,23,28-30H2,1-4H3,(H2,55,56,57,62)/t37-,38?,39?,41?/m0/s1. The maximum Gasteiger partial charge on any atom is 0.573 e. The Bertz CT molecular complexity index is 2410. The number of rotatable bonds is 20. The number of aromatic nitrogens is 2. The fourth-order valence-corrected chi connectivity index (χ4v) is 9.54. The molecule has 68 heavy (non-hydrogen) atoms. The monoisotopic (exact) mass is 1010 g/mol. The lowest BCUT2D eigenvalue weighted by atomic mass is 9.60. The number of nitrogens with zero attached hydrogens (tertiary/aromatic N) is 5. The Morgan fingerprint density at radius 3 is 2.50 bits per heavy atom. The molecule has 3 amide bonds. The first-order valence-corrected chi connectivity index (χ1v) is 23.4. The molecule has 15 nitrogen and oxygen atoms in total. The number of carbonyl (C=O) groups excluding carboxylic acids is 2. The number of nitrogens with one attached hydrogen (secondary N) is 2. The molecule has 4 aromatic rings. The van der Waals surface area contributed by atoms with Crippen LogP contribution in [0.5, 0.6) is 11.5 Å². The van der Waals surface area contributed by atoms with Gasteiger partial charge in [-0.15, -0.1) is 18.1 Å². The summed E-state index contributed by atoms with van der Waals surface area (Å²) >= 11 is 3.54. The largest absolute Gasteiger partial charge is 0.573 e. The number of alkyl halides is 3. The number of anilines is 2. The van der Waals surface area contributed by atoms with Gasteiger partial charge < -0.3 is 33.9 Å². The van der Waals surface area contributed by atoms with Gasteiger partial charge in [-0.1, -0.05) is 48.0 Å². The van der Waals surface area contributed by atoms with E-state index in [0.29, 0.717) is 69.0 Å². The molecule has 0 radical (unpaired) electrons. The van der Waals surface area contributed by atoms with E-state index in [1.54, 1.807) is 23.2 Å². The van der Waals surface area contributed by atoms with E-state index in [1.165, 1.54) is 18.3 Å². The van der Waals surface area contributed by atoms with E-state index in [0.717, 1.165) is 58.4 Å². The number of ether oxygens (including phenoxy) is 5. The molecule has 7 rings (SSSR count). The van der Waals surface area contributed by atoms with Crippen LogP contribution in [-0.4, -0.2) is 117 Å². The second-order valence-electron chi connectivity index (χ2n) is 18.0. The number of hydrogen-bond acceptors (Lipinski definition) is 12. The van der Waals surface area contributed by atoms with Crippen molar-refractivity contribution in [2.75, 3.05) is 83.0 Å². The average Bonchev–Trinajstić information content (AvgIpc) is 3.81. The molecule has 1 saturated heterocycles. The molecule has 0 spiro atoms. The number of nitroso groups, excluding NO2 is 1. The zero-order valence-electron chi connectivity index (χ0n) is 38.5. The number of fused-ring (bicyclic) bond motifs is 3. The van der Waals surface area contributed by atoms with Crippen LogP contribution in [0.25, 0.3) is 0 Å². The van der Waals surface area contributed by atoms with Gasteiger partial charge in [0.2, 0.25) is 0 Å². The van der Waals surface area contributed by atoms with E-state index in [2.05, 4.69) is 77.3 Å². The normalized spacial score (nSPS) is 19.2. The summed E-state index contributed by atoms with van der Waals surface area (Å²) < 4.78 is 67.7. The Morgan fingerprint density at radius 1 is 0.985 bits per heavy atom. The molecule has 0 bridgehead atoms. The lowest BCUT2D eigenvalue weighted by Crippen LogP contribution is -2.47. The molecule has 364 valence electrons. The van der Waals surface area contributed by atoms with Gasteiger partial charge in [0.05, 0.1) is 56.8 Å². The van der Waals surface area contributed by atoms with Crippen molar-refractivity contribution >= 4 is 45.1 Å². The molecule has 19 heteroatoms.